The Labute approximate surface area is 155 Å². The maximum Gasteiger partial charge on any atom is 0.227 e. The SMILES string of the molecule is COc1ccccc1CC(=O)N1CCC(NC(=O)C[C@@H]2C=CCC2)CC1. The Balaban J connectivity index is 1.43. The zero-order valence-electron chi connectivity index (χ0n) is 15.4. The molecule has 1 aromatic rings. The molecule has 1 aromatic carbocycles. The van der Waals surface area contributed by atoms with Crippen LogP contribution in [0.5, 0.6) is 5.75 Å². The minimum atomic E-state index is 0.121. The van der Waals surface area contributed by atoms with E-state index in [1.54, 1.807) is 7.11 Å². The quantitative estimate of drug-likeness (QED) is 0.798. The lowest BCUT2D eigenvalue weighted by Gasteiger charge is -2.32. The minimum absolute atomic E-state index is 0.121. The second kappa shape index (κ2) is 8.88. The van der Waals surface area contributed by atoms with Gasteiger partial charge in [-0.05, 0) is 37.7 Å². The molecule has 5 heteroatoms. The van der Waals surface area contributed by atoms with Gasteiger partial charge in [0.15, 0.2) is 0 Å². The Morgan fingerprint density at radius 3 is 2.65 bits per heavy atom. The molecule has 0 unspecified atom stereocenters. The highest BCUT2D eigenvalue weighted by molar-refractivity contribution is 5.80. The fourth-order valence-electron chi connectivity index (χ4n) is 3.79. The molecule has 1 fully saturated rings. The summed E-state index contributed by atoms with van der Waals surface area (Å²) in [6.07, 6.45) is 9.07. The van der Waals surface area contributed by atoms with Gasteiger partial charge in [-0.1, -0.05) is 30.4 Å². The van der Waals surface area contributed by atoms with Crippen LogP contribution in [0, 0.1) is 5.92 Å². The molecule has 0 saturated carbocycles. The average molecular weight is 356 g/mol. The predicted molar refractivity (Wildman–Crippen MR) is 101 cm³/mol. The molecular formula is C21H28N2O3. The summed E-state index contributed by atoms with van der Waals surface area (Å²) in [6.45, 7) is 1.39. The van der Waals surface area contributed by atoms with Gasteiger partial charge in [0.25, 0.3) is 0 Å². The van der Waals surface area contributed by atoms with Crippen LogP contribution in [-0.4, -0.2) is 43.0 Å². The van der Waals surface area contributed by atoms with E-state index in [1.807, 2.05) is 29.2 Å². The van der Waals surface area contributed by atoms with E-state index >= 15 is 0 Å². The summed E-state index contributed by atoms with van der Waals surface area (Å²) in [5.41, 5.74) is 0.917. The first-order valence-electron chi connectivity index (χ1n) is 9.51. The fourth-order valence-corrected chi connectivity index (χ4v) is 3.79. The van der Waals surface area contributed by atoms with E-state index in [2.05, 4.69) is 17.5 Å². The summed E-state index contributed by atoms with van der Waals surface area (Å²) in [5, 5.41) is 3.14. The summed E-state index contributed by atoms with van der Waals surface area (Å²) >= 11 is 0. The molecule has 2 amide bonds. The second-order valence-electron chi connectivity index (χ2n) is 7.18. The molecular weight excluding hydrogens is 328 g/mol. The monoisotopic (exact) mass is 356 g/mol. The highest BCUT2D eigenvalue weighted by Crippen LogP contribution is 2.22. The van der Waals surface area contributed by atoms with Crippen LogP contribution in [0.4, 0.5) is 0 Å². The van der Waals surface area contributed by atoms with Crippen LogP contribution in [0.25, 0.3) is 0 Å². The highest BCUT2D eigenvalue weighted by Gasteiger charge is 2.25. The molecule has 5 nitrogen and oxygen atoms in total. The Morgan fingerprint density at radius 2 is 1.96 bits per heavy atom. The first kappa shape index (κ1) is 18.5. The van der Waals surface area contributed by atoms with Gasteiger partial charge < -0.3 is 15.0 Å². The summed E-state index contributed by atoms with van der Waals surface area (Å²) in [4.78, 5) is 26.6. The number of nitrogens with zero attached hydrogens (tertiary/aromatic N) is 1. The normalized spacial score (nSPS) is 20.2. The molecule has 1 heterocycles. The van der Waals surface area contributed by atoms with Gasteiger partial charge in [0.1, 0.15) is 5.75 Å². The number of amides is 2. The topological polar surface area (TPSA) is 58.6 Å². The van der Waals surface area contributed by atoms with Crippen LogP contribution in [-0.2, 0) is 16.0 Å². The molecule has 1 N–H and O–H groups in total. The number of benzene rings is 1. The van der Waals surface area contributed by atoms with Crippen molar-refractivity contribution in [1.82, 2.24) is 10.2 Å². The first-order valence-corrected chi connectivity index (χ1v) is 9.51. The van der Waals surface area contributed by atoms with Crippen molar-refractivity contribution in [3.8, 4) is 5.75 Å². The Bertz CT molecular complexity index is 663. The average Bonchev–Trinajstić information content (AvgIpc) is 3.15. The maximum absolute atomic E-state index is 12.6. The summed E-state index contributed by atoms with van der Waals surface area (Å²) in [7, 11) is 1.62. The van der Waals surface area contributed by atoms with E-state index in [0.29, 0.717) is 31.8 Å². The van der Waals surface area contributed by atoms with Crippen LogP contribution < -0.4 is 10.1 Å². The molecule has 1 aliphatic heterocycles. The van der Waals surface area contributed by atoms with E-state index in [9.17, 15) is 9.59 Å². The van der Waals surface area contributed by atoms with Crippen molar-refractivity contribution < 1.29 is 14.3 Å². The fraction of sp³-hybridized carbons (Fsp3) is 0.524. The summed E-state index contributed by atoms with van der Waals surface area (Å²) in [6, 6.07) is 7.82. The molecule has 0 bridgehead atoms. The number of piperidine rings is 1. The van der Waals surface area contributed by atoms with Crippen LogP contribution in [0.15, 0.2) is 36.4 Å². The van der Waals surface area contributed by atoms with Crippen molar-refractivity contribution in [1.29, 1.82) is 0 Å². The Hall–Kier alpha value is -2.30. The summed E-state index contributed by atoms with van der Waals surface area (Å²) < 4.78 is 5.33. The van der Waals surface area contributed by atoms with Gasteiger partial charge in [0, 0.05) is 31.1 Å². The molecule has 1 saturated heterocycles. The van der Waals surface area contributed by atoms with E-state index < -0.39 is 0 Å². The third-order valence-corrected chi connectivity index (χ3v) is 5.31. The van der Waals surface area contributed by atoms with Gasteiger partial charge in [-0.15, -0.1) is 0 Å². The van der Waals surface area contributed by atoms with E-state index in [4.69, 9.17) is 4.74 Å². The van der Waals surface area contributed by atoms with Gasteiger partial charge in [0.05, 0.1) is 13.5 Å². The minimum Gasteiger partial charge on any atom is -0.496 e. The molecule has 1 atom stereocenters. The van der Waals surface area contributed by atoms with Gasteiger partial charge in [0.2, 0.25) is 11.8 Å². The molecule has 2 aliphatic rings. The molecule has 0 aromatic heterocycles. The number of carbonyl (C=O) groups is 2. The van der Waals surface area contributed by atoms with Gasteiger partial charge in [-0.3, -0.25) is 9.59 Å². The number of allylic oxidation sites excluding steroid dienone is 2. The lowest BCUT2D eigenvalue weighted by atomic mass is 10.0. The number of methoxy groups -OCH3 is 1. The van der Waals surface area contributed by atoms with Crippen molar-refractivity contribution >= 4 is 11.8 Å². The smallest absolute Gasteiger partial charge is 0.227 e. The number of ether oxygens (including phenoxy) is 1. The molecule has 0 spiro atoms. The number of hydrogen-bond acceptors (Lipinski definition) is 3. The number of hydrogen-bond donors (Lipinski definition) is 1. The Morgan fingerprint density at radius 1 is 1.19 bits per heavy atom. The number of nitrogens with one attached hydrogen (secondary N) is 1. The molecule has 140 valence electrons. The van der Waals surface area contributed by atoms with Crippen molar-refractivity contribution in [2.45, 2.75) is 44.6 Å². The van der Waals surface area contributed by atoms with Crippen LogP contribution >= 0.6 is 0 Å². The lowest BCUT2D eigenvalue weighted by Crippen LogP contribution is -2.47. The van der Waals surface area contributed by atoms with Crippen molar-refractivity contribution in [2.75, 3.05) is 20.2 Å². The van der Waals surface area contributed by atoms with E-state index in [0.717, 1.165) is 37.0 Å². The zero-order chi connectivity index (χ0) is 18.4. The van der Waals surface area contributed by atoms with Crippen molar-refractivity contribution in [3.63, 3.8) is 0 Å². The number of carbonyl (C=O) groups excluding carboxylic acids is 2. The van der Waals surface area contributed by atoms with Gasteiger partial charge in [-0.2, -0.15) is 0 Å². The number of para-hydroxylation sites is 1. The standard InChI is InChI=1S/C21H28N2O3/c1-26-19-9-5-4-8-17(19)15-21(25)23-12-10-18(11-13-23)22-20(24)14-16-6-2-3-7-16/h2,4-6,8-9,16,18H,3,7,10-15H2,1H3,(H,22,24)/t16-/m1/s1. The third-order valence-electron chi connectivity index (χ3n) is 5.31. The first-order chi connectivity index (χ1) is 12.7. The maximum atomic E-state index is 12.6. The van der Waals surface area contributed by atoms with Crippen LogP contribution in [0.3, 0.4) is 0 Å². The largest absolute Gasteiger partial charge is 0.496 e. The highest BCUT2D eigenvalue weighted by atomic mass is 16.5. The third kappa shape index (κ3) is 4.87. The van der Waals surface area contributed by atoms with Gasteiger partial charge in [-0.25, -0.2) is 0 Å². The molecule has 0 radical (unpaired) electrons. The van der Waals surface area contributed by atoms with Crippen molar-refractivity contribution in [3.05, 3.63) is 42.0 Å². The Kier molecular flexibility index (Phi) is 6.31. The molecule has 26 heavy (non-hydrogen) atoms. The zero-order valence-corrected chi connectivity index (χ0v) is 15.4. The van der Waals surface area contributed by atoms with Crippen molar-refractivity contribution in [2.24, 2.45) is 5.92 Å². The van der Waals surface area contributed by atoms with Gasteiger partial charge >= 0.3 is 0 Å². The molecule has 1 aliphatic carbocycles. The van der Waals surface area contributed by atoms with E-state index in [1.165, 1.54) is 0 Å². The van der Waals surface area contributed by atoms with Crippen LogP contribution in [0.1, 0.15) is 37.7 Å². The molecule has 3 rings (SSSR count). The number of likely N-dealkylation sites (tertiary alicyclic amines) is 1. The second-order valence-corrected chi connectivity index (χ2v) is 7.18. The summed E-state index contributed by atoms with van der Waals surface area (Å²) in [5.74, 6) is 1.41. The predicted octanol–water partition coefficient (Wildman–Crippen LogP) is 2.70. The lowest BCUT2D eigenvalue weighted by molar-refractivity contribution is -0.131. The van der Waals surface area contributed by atoms with Crippen LogP contribution in [0.2, 0.25) is 0 Å². The van der Waals surface area contributed by atoms with E-state index in [-0.39, 0.29) is 17.9 Å². The number of rotatable bonds is 6.